The predicted octanol–water partition coefficient (Wildman–Crippen LogP) is 1.38. The van der Waals surface area contributed by atoms with E-state index in [2.05, 4.69) is 19.8 Å². The number of hydrogen-bond acceptors (Lipinski definition) is 1. The highest BCUT2D eigenvalue weighted by Gasteiger charge is 2.15. The minimum absolute atomic E-state index is 0.409. The number of hydrogen-bond donors (Lipinski definition) is 1. The van der Waals surface area contributed by atoms with Crippen molar-refractivity contribution < 1.29 is 0 Å². The van der Waals surface area contributed by atoms with E-state index in [1.165, 1.54) is 0 Å². The third-order valence-corrected chi connectivity index (χ3v) is 1.16. The van der Waals surface area contributed by atoms with Crippen LogP contribution in [0.15, 0.2) is 0 Å². The Morgan fingerprint density at radius 1 is 1.67 bits per heavy atom. The smallest absolute Gasteiger partial charge is 0.0747 e. The summed E-state index contributed by atoms with van der Waals surface area (Å²) in [5.74, 6) is 3.13. The lowest BCUT2D eigenvalue weighted by atomic mass is 9.93. The van der Waals surface area contributed by atoms with Crippen molar-refractivity contribution in [3.8, 4) is 12.3 Å². The van der Waals surface area contributed by atoms with Crippen molar-refractivity contribution in [3.05, 3.63) is 0 Å². The van der Waals surface area contributed by atoms with Gasteiger partial charge in [-0.1, -0.05) is 19.8 Å². The maximum absolute atomic E-state index is 5.68. The van der Waals surface area contributed by atoms with E-state index < -0.39 is 5.54 Å². The van der Waals surface area contributed by atoms with E-state index in [1.54, 1.807) is 0 Å². The first-order chi connectivity index (χ1) is 3.98. The molecule has 1 atom stereocenters. The third-order valence-electron chi connectivity index (χ3n) is 1.16. The van der Waals surface area contributed by atoms with Gasteiger partial charge >= 0.3 is 0 Å². The predicted molar refractivity (Wildman–Crippen MR) is 40.9 cm³/mol. The van der Waals surface area contributed by atoms with Crippen molar-refractivity contribution in [2.24, 2.45) is 11.7 Å². The second kappa shape index (κ2) is 2.89. The van der Waals surface area contributed by atoms with Crippen molar-refractivity contribution in [3.63, 3.8) is 0 Å². The normalized spacial score (nSPS) is 16.9. The van der Waals surface area contributed by atoms with Gasteiger partial charge in [0.15, 0.2) is 0 Å². The molecule has 0 spiro atoms. The molecule has 0 aromatic carbocycles. The van der Waals surface area contributed by atoms with Crippen molar-refractivity contribution in [2.75, 3.05) is 0 Å². The first-order valence-electron chi connectivity index (χ1n) is 3.24. The summed E-state index contributed by atoms with van der Waals surface area (Å²) < 4.78 is 0. The summed E-state index contributed by atoms with van der Waals surface area (Å²) in [7, 11) is 0. The van der Waals surface area contributed by atoms with Gasteiger partial charge in [0.25, 0.3) is 0 Å². The van der Waals surface area contributed by atoms with Gasteiger partial charge in [0, 0.05) is 0 Å². The zero-order valence-corrected chi connectivity index (χ0v) is 6.44. The van der Waals surface area contributed by atoms with E-state index in [-0.39, 0.29) is 0 Å². The van der Waals surface area contributed by atoms with Gasteiger partial charge < -0.3 is 5.73 Å². The van der Waals surface area contributed by atoms with E-state index in [4.69, 9.17) is 12.2 Å². The first kappa shape index (κ1) is 8.52. The van der Waals surface area contributed by atoms with Gasteiger partial charge in [0.1, 0.15) is 0 Å². The van der Waals surface area contributed by atoms with Gasteiger partial charge in [0.05, 0.1) is 5.54 Å². The molecular formula is C8H15N. The molecular weight excluding hydrogens is 110 g/mol. The Labute approximate surface area is 57.6 Å². The summed E-state index contributed by atoms with van der Waals surface area (Å²) in [4.78, 5) is 0. The molecule has 0 heterocycles. The summed E-state index contributed by atoms with van der Waals surface area (Å²) >= 11 is 0. The molecule has 1 nitrogen and oxygen atoms in total. The molecule has 1 heteroatoms. The third kappa shape index (κ3) is 4.05. The monoisotopic (exact) mass is 125 g/mol. The van der Waals surface area contributed by atoms with Gasteiger partial charge in [-0.25, -0.2) is 0 Å². The van der Waals surface area contributed by atoms with E-state index in [1.807, 2.05) is 6.92 Å². The molecule has 0 aliphatic heterocycles. The molecule has 52 valence electrons. The highest BCUT2D eigenvalue weighted by Crippen LogP contribution is 2.11. The Morgan fingerprint density at radius 2 is 2.11 bits per heavy atom. The molecule has 0 fully saturated rings. The average Bonchev–Trinajstić information content (AvgIpc) is 1.63. The molecule has 9 heavy (non-hydrogen) atoms. The van der Waals surface area contributed by atoms with Crippen molar-refractivity contribution in [1.29, 1.82) is 0 Å². The molecule has 0 saturated carbocycles. The van der Waals surface area contributed by atoms with Gasteiger partial charge in [-0.15, -0.1) is 6.42 Å². The van der Waals surface area contributed by atoms with E-state index >= 15 is 0 Å². The van der Waals surface area contributed by atoms with Crippen molar-refractivity contribution >= 4 is 0 Å². The summed E-state index contributed by atoms with van der Waals surface area (Å²) in [5.41, 5.74) is 5.27. The number of nitrogens with two attached hydrogens (primary N) is 1. The van der Waals surface area contributed by atoms with Gasteiger partial charge in [-0.3, -0.25) is 0 Å². The molecule has 0 aliphatic carbocycles. The number of rotatable bonds is 2. The van der Waals surface area contributed by atoms with Crippen LogP contribution in [0.3, 0.4) is 0 Å². The standard InChI is InChI=1S/C8H15N/c1-5-8(4,9)6-7(2)3/h1,7H,6,9H2,2-4H3. The quantitative estimate of drug-likeness (QED) is 0.554. The maximum Gasteiger partial charge on any atom is 0.0747 e. The lowest BCUT2D eigenvalue weighted by molar-refractivity contribution is 0.452. The molecule has 0 rings (SSSR count). The van der Waals surface area contributed by atoms with Crippen molar-refractivity contribution in [2.45, 2.75) is 32.7 Å². The molecule has 0 radical (unpaired) electrons. The van der Waals surface area contributed by atoms with E-state index in [9.17, 15) is 0 Å². The minimum Gasteiger partial charge on any atom is -0.315 e. The topological polar surface area (TPSA) is 26.0 Å². The summed E-state index contributed by atoms with van der Waals surface area (Å²) in [6.07, 6.45) is 6.07. The molecule has 0 bridgehead atoms. The SMILES string of the molecule is C#CC(C)(N)CC(C)C. The van der Waals surface area contributed by atoms with E-state index in [0.717, 1.165) is 6.42 Å². The zero-order valence-electron chi connectivity index (χ0n) is 6.44. The fraction of sp³-hybridized carbons (Fsp3) is 0.750. The van der Waals surface area contributed by atoms with Crippen LogP contribution in [0.4, 0.5) is 0 Å². The van der Waals surface area contributed by atoms with Crippen LogP contribution in [0.2, 0.25) is 0 Å². The van der Waals surface area contributed by atoms with Crippen LogP contribution in [0.5, 0.6) is 0 Å². The lowest BCUT2D eigenvalue weighted by Crippen LogP contribution is -2.35. The highest BCUT2D eigenvalue weighted by atomic mass is 14.7. The number of terminal acetylenes is 1. The van der Waals surface area contributed by atoms with Crippen LogP contribution in [-0.2, 0) is 0 Å². The lowest BCUT2D eigenvalue weighted by Gasteiger charge is -2.19. The summed E-state index contributed by atoms with van der Waals surface area (Å²) in [5, 5.41) is 0. The largest absolute Gasteiger partial charge is 0.315 e. The molecule has 0 amide bonds. The molecule has 0 aromatic heterocycles. The Kier molecular flexibility index (Phi) is 2.73. The molecule has 0 aliphatic rings. The molecule has 1 unspecified atom stereocenters. The zero-order chi connectivity index (χ0) is 7.49. The van der Waals surface area contributed by atoms with Crippen LogP contribution >= 0.6 is 0 Å². The van der Waals surface area contributed by atoms with Crippen molar-refractivity contribution in [1.82, 2.24) is 0 Å². The van der Waals surface area contributed by atoms with Crippen LogP contribution in [0, 0.1) is 18.3 Å². The summed E-state index contributed by atoms with van der Waals surface area (Å²) in [6, 6.07) is 0. The summed E-state index contributed by atoms with van der Waals surface area (Å²) in [6.45, 7) is 6.11. The Hall–Kier alpha value is -0.480. The van der Waals surface area contributed by atoms with E-state index in [0.29, 0.717) is 5.92 Å². The molecule has 0 saturated heterocycles. The van der Waals surface area contributed by atoms with Crippen LogP contribution in [0.1, 0.15) is 27.2 Å². The van der Waals surface area contributed by atoms with Crippen LogP contribution < -0.4 is 5.73 Å². The van der Waals surface area contributed by atoms with Gasteiger partial charge in [-0.2, -0.15) is 0 Å². The van der Waals surface area contributed by atoms with Gasteiger partial charge in [0.2, 0.25) is 0 Å². The highest BCUT2D eigenvalue weighted by molar-refractivity contribution is 5.08. The maximum atomic E-state index is 5.68. The fourth-order valence-electron chi connectivity index (χ4n) is 0.907. The molecule has 2 N–H and O–H groups in total. The second-order valence-electron chi connectivity index (χ2n) is 3.16. The Balaban J connectivity index is 3.76. The van der Waals surface area contributed by atoms with Gasteiger partial charge in [-0.05, 0) is 19.3 Å². The Bertz CT molecular complexity index is 117. The fourth-order valence-corrected chi connectivity index (χ4v) is 0.907. The van der Waals surface area contributed by atoms with Crippen LogP contribution in [0.25, 0.3) is 0 Å². The average molecular weight is 125 g/mol. The Morgan fingerprint density at radius 3 is 2.22 bits per heavy atom. The second-order valence-corrected chi connectivity index (χ2v) is 3.16. The minimum atomic E-state index is -0.409. The first-order valence-corrected chi connectivity index (χ1v) is 3.24. The van der Waals surface area contributed by atoms with Crippen LogP contribution in [-0.4, -0.2) is 5.54 Å². The molecule has 0 aromatic rings.